The van der Waals surface area contributed by atoms with Gasteiger partial charge in [0.25, 0.3) is 5.91 Å². The van der Waals surface area contributed by atoms with E-state index < -0.39 is 41.4 Å². The number of carbonyl (C=O) groups is 2. The second kappa shape index (κ2) is 8.53. The van der Waals surface area contributed by atoms with Crippen LogP contribution in [0.3, 0.4) is 0 Å². The van der Waals surface area contributed by atoms with Crippen molar-refractivity contribution in [1.82, 2.24) is 10.6 Å². The van der Waals surface area contributed by atoms with Crippen LogP contribution in [0.15, 0.2) is 36.4 Å². The lowest BCUT2D eigenvalue weighted by atomic mass is 10.1. The molecule has 0 heterocycles. The van der Waals surface area contributed by atoms with E-state index >= 15 is 0 Å². The van der Waals surface area contributed by atoms with Crippen LogP contribution < -0.4 is 10.6 Å². The summed E-state index contributed by atoms with van der Waals surface area (Å²) in [5, 5.41) is 5.30. The third-order valence-corrected chi connectivity index (χ3v) is 3.55. The van der Waals surface area contributed by atoms with Crippen molar-refractivity contribution < 1.29 is 22.8 Å². The molecule has 0 radical (unpaired) electrons. The SMILES string of the molecule is O=C(CNC(=O)c1ccc(F)c(F)c1F)NCCc1cccc(Cl)c1. The van der Waals surface area contributed by atoms with Gasteiger partial charge < -0.3 is 10.6 Å². The molecule has 25 heavy (non-hydrogen) atoms. The van der Waals surface area contributed by atoms with Crippen LogP contribution in [0.2, 0.25) is 5.02 Å². The van der Waals surface area contributed by atoms with Gasteiger partial charge in [-0.25, -0.2) is 13.2 Å². The summed E-state index contributed by atoms with van der Waals surface area (Å²) >= 11 is 5.85. The quantitative estimate of drug-likeness (QED) is 0.768. The van der Waals surface area contributed by atoms with Crippen molar-refractivity contribution >= 4 is 23.4 Å². The Balaban J connectivity index is 1.80. The first-order valence-corrected chi connectivity index (χ1v) is 7.69. The van der Waals surface area contributed by atoms with Gasteiger partial charge in [-0.15, -0.1) is 0 Å². The van der Waals surface area contributed by atoms with E-state index in [1.807, 2.05) is 6.07 Å². The molecule has 0 aliphatic carbocycles. The highest BCUT2D eigenvalue weighted by Gasteiger charge is 2.19. The first-order chi connectivity index (χ1) is 11.9. The zero-order valence-corrected chi connectivity index (χ0v) is 13.7. The molecule has 0 atom stereocenters. The molecule has 8 heteroatoms. The molecule has 0 fully saturated rings. The Hall–Kier alpha value is -2.54. The monoisotopic (exact) mass is 370 g/mol. The summed E-state index contributed by atoms with van der Waals surface area (Å²) in [5.41, 5.74) is 0.256. The summed E-state index contributed by atoms with van der Waals surface area (Å²) < 4.78 is 39.4. The first-order valence-electron chi connectivity index (χ1n) is 7.31. The Kier molecular flexibility index (Phi) is 6.41. The Bertz CT molecular complexity index is 799. The van der Waals surface area contributed by atoms with Gasteiger partial charge in [0.15, 0.2) is 17.5 Å². The number of benzene rings is 2. The highest BCUT2D eigenvalue weighted by atomic mass is 35.5. The van der Waals surface area contributed by atoms with Gasteiger partial charge in [-0.1, -0.05) is 23.7 Å². The molecule has 2 aromatic rings. The number of halogens is 4. The Morgan fingerprint density at radius 1 is 1.00 bits per heavy atom. The van der Waals surface area contributed by atoms with Crippen LogP contribution in [0.25, 0.3) is 0 Å². The number of hydrogen-bond donors (Lipinski definition) is 2. The van der Waals surface area contributed by atoms with Crippen molar-refractivity contribution in [3.63, 3.8) is 0 Å². The van der Waals surface area contributed by atoms with Crippen molar-refractivity contribution in [3.05, 3.63) is 70.0 Å². The minimum atomic E-state index is -1.74. The molecule has 132 valence electrons. The second-order valence-corrected chi connectivity index (χ2v) is 5.57. The molecule has 0 aromatic heterocycles. The third kappa shape index (κ3) is 5.22. The van der Waals surface area contributed by atoms with Crippen molar-refractivity contribution in [2.24, 2.45) is 0 Å². The summed E-state index contributed by atoms with van der Waals surface area (Å²) in [7, 11) is 0. The summed E-state index contributed by atoms with van der Waals surface area (Å²) in [6.45, 7) is -0.110. The lowest BCUT2D eigenvalue weighted by molar-refractivity contribution is -0.120. The fourth-order valence-corrected chi connectivity index (χ4v) is 2.27. The molecule has 0 bridgehead atoms. The minimum Gasteiger partial charge on any atom is -0.354 e. The fourth-order valence-electron chi connectivity index (χ4n) is 2.06. The van der Waals surface area contributed by atoms with E-state index in [0.717, 1.165) is 11.6 Å². The van der Waals surface area contributed by atoms with E-state index in [4.69, 9.17) is 11.6 Å². The molecule has 0 aliphatic rings. The van der Waals surface area contributed by atoms with E-state index in [0.29, 0.717) is 24.1 Å². The third-order valence-electron chi connectivity index (χ3n) is 3.31. The normalized spacial score (nSPS) is 10.4. The maximum Gasteiger partial charge on any atom is 0.254 e. The van der Waals surface area contributed by atoms with Gasteiger partial charge in [0.05, 0.1) is 12.1 Å². The highest BCUT2D eigenvalue weighted by molar-refractivity contribution is 6.30. The Labute approximate surface area is 147 Å². The molecule has 0 saturated heterocycles. The van der Waals surface area contributed by atoms with Crippen LogP contribution in [-0.4, -0.2) is 24.9 Å². The molecular weight excluding hydrogens is 357 g/mol. The van der Waals surface area contributed by atoms with Gasteiger partial charge in [-0.3, -0.25) is 9.59 Å². The van der Waals surface area contributed by atoms with Crippen molar-refractivity contribution in [1.29, 1.82) is 0 Å². The number of hydrogen-bond acceptors (Lipinski definition) is 2. The maximum absolute atomic E-state index is 13.5. The van der Waals surface area contributed by atoms with E-state index in [1.165, 1.54) is 0 Å². The minimum absolute atomic E-state index is 0.314. The van der Waals surface area contributed by atoms with Gasteiger partial charge >= 0.3 is 0 Å². The second-order valence-electron chi connectivity index (χ2n) is 5.14. The first kappa shape index (κ1) is 18.8. The van der Waals surface area contributed by atoms with Crippen molar-refractivity contribution in [3.8, 4) is 0 Å². The van der Waals surface area contributed by atoms with Gasteiger partial charge in [0.1, 0.15) is 0 Å². The van der Waals surface area contributed by atoms with Crippen LogP contribution in [0.1, 0.15) is 15.9 Å². The standard InChI is InChI=1S/C17H14ClF3N2O2/c18-11-3-1-2-10(8-11)6-7-22-14(24)9-23-17(25)12-4-5-13(19)16(21)15(12)20/h1-5,8H,6-7,9H2,(H,22,24)(H,23,25). The lowest BCUT2D eigenvalue weighted by Gasteiger charge is -2.08. The molecule has 0 saturated carbocycles. The van der Waals surface area contributed by atoms with Crippen LogP contribution in [-0.2, 0) is 11.2 Å². The van der Waals surface area contributed by atoms with E-state index in [9.17, 15) is 22.8 Å². The Morgan fingerprint density at radius 3 is 2.48 bits per heavy atom. The van der Waals surface area contributed by atoms with Gasteiger partial charge in [0.2, 0.25) is 5.91 Å². The molecular formula is C17H14ClF3N2O2. The summed E-state index contributed by atoms with van der Waals surface area (Å²) in [6.07, 6.45) is 0.540. The predicted molar refractivity (Wildman–Crippen MR) is 86.8 cm³/mol. The number of amides is 2. The smallest absolute Gasteiger partial charge is 0.254 e. The summed E-state index contributed by atoms with van der Waals surface area (Å²) in [5.74, 6) is -6.25. The predicted octanol–water partition coefficient (Wildman–Crippen LogP) is 2.85. The number of carbonyl (C=O) groups excluding carboxylic acids is 2. The highest BCUT2D eigenvalue weighted by Crippen LogP contribution is 2.15. The molecule has 2 amide bonds. The van der Waals surface area contributed by atoms with Gasteiger partial charge in [-0.05, 0) is 36.2 Å². The molecule has 0 aliphatic heterocycles. The Morgan fingerprint density at radius 2 is 1.76 bits per heavy atom. The zero-order chi connectivity index (χ0) is 18.4. The molecule has 2 aromatic carbocycles. The number of nitrogens with one attached hydrogen (secondary N) is 2. The van der Waals surface area contributed by atoms with Gasteiger partial charge in [0, 0.05) is 11.6 Å². The van der Waals surface area contributed by atoms with E-state index in [1.54, 1.807) is 18.2 Å². The largest absolute Gasteiger partial charge is 0.354 e. The van der Waals surface area contributed by atoms with Crippen molar-refractivity contribution in [2.75, 3.05) is 13.1 Å². The van der Waals surface area contributed by atoms with Crippen LogP contribution in [0, 0.1) is 17.5 Å². The number of rotatable bonds is 6. The lowest BCUT2D eigenvalue weighted by Crippen LogP contribution is -2.38. The average Bonchev–Trinajstić information content (AvgIpc) is 2.58. The summed E-state index contributed by atoms with van der Waals surface area (Å²) in [4.78, 5) is 23.4. The van der Waals surface area contributed by atoms with Gasteiger partial charge in [-0.2, -0.15) is 0 Å². The van der Waals surface area contributed by atoms with E-state index in [-0.39, 0.29) is 0 Å². The molecule has 2 N–H and O–H groups in total. The van der Waals surface area contributed by atoms with Crippen molar-refractivity contribution in [2.45, 2.75) is 6.42 Å². The van der Waals surface area contributed by atoms with Crippen LogP contribution >= 0.6 is 11.6 Å². The van der Waals surface area contributed by atoms with Crippen LogP contribution in [0.5, 0.6) is 0 Å². The fraction of sp³-hybridized carbons (Fsp3) is 0.176. The molecule has 4 nitrogen and oxygen atoms in total. The maximum atomic E-state index is 13.5. The molecule has 0 spiro atoms. The molecule has 2 rings (SSSR count). The average molecular weight is 371 g/mol. The topological polar surface area (TPSA) is 58.2 Å². The summed E-state index contributed by atoms with van der Waals surface area (Å²) in [6, 6.07) is 8.58. The van der Waals surface area contributed by atoms with Crippen LogP contribution in [0.4, 0.5) is 13.2 Å². The zero-order valence-electron chi connectivity index (χ0n) is 12.9. The molecule has 0 unspecified atom stereocenters. The van der Waals surface area contributed by atoms with E-state index in [2.05, 4.69) is 10.6 Å².